The van der Waals surface area contributed by atoms with Crippen LogP contribution in [0.1, 0.15) is 19.4 Å². The predicted octanol–water partition coefficient (Wildman–Crippen LogP) is 4.17. The first-order valence-corrected chi connectivity index (χ1v) is 8.29. The van der Waals surface area contributed by atoms with Crippen molar-refractivity contribution < 1.29 is 13.6 Å². The average molecular weight is 347 g/mol. The second-order valence-corrected chi connectivity index (χ2v) is 5.70. The van der Waals surface area contributed by atoms with E-state index in [1.165, 1.54) is 6.07 Å². The van der Waals surface area contributed by atoms with Gasteiger partial charge >= 0.3 is 0 Å². The Morgan fingerprint density at radius 3 is 2.36 bits per heavy atom. The molecule has 2 rings (SSSR count). The summed E-state index contributed by atoms with van der Waals surface area (Å²) in [5.74, 6) is -2.13. The van der Waals surface area contributed by atoms with Gasteiger partial charge in [-0.15, -0.1) is 0 Å². The van der Waals surface area contributed by atoms with Gasteiger partial charge in [0.25, 0.3) is 0 Å². The number of nitrogens with zero attached hydrogens (tertiary/aromatic N) is 1. The molecule has 0 bridgehead atoms. The third kappa shape index (κ3) is 4.92. The normalized spacial score (nSPS) is 10.4. The van der Waals surface area contributed by atoms with E-state index in [0.29, 0.717) is 5.69 Å². The summed E-state index contributed by atoms with van der Waals surface area (Å²) in [6.45, 7) is 7.92. The molecule has 0 heterocycles. The van der Waals surface area contributed by atoms with Gasteiger partial charge in [-0.1, -0.05) is 0 Å². The highest BCUT2D eigenvalue weighted by atomic mass is 19.2. The lowest BCUT2D eigenvalue weighted by Crippen LogP contribution is -2.23. The molecule has 25 heavy (non-hydrogen) atoms. The Balaban J connectivity index is 1.97. The molecule has 0 aliphatic heterocycles. The van der Waals surface area contributed by atoms with Crippen molar-refractivity contribution in [2.24, 2.45) is 0 Å². The summed E-state index contributed by atoms with van der Waals surface area (Å²) in [7, 11) is 0. The van der Waals surface area contributed by atoms with Crippen LogP contribution in [0.25, 0.3) is 0 Å². The third-order valence-corrected chi connectivity index (χ3v) is 3.99. The minimum Gasteiger partial charge on any atom is -0.376 e. The first kappa shape index (κ1) is 18.7. The minimum absolute atomic E-state index is 0.0394. The molecule has 0 aromatic heterocycles. The highest BCUT2D eigenvalue weighted by Crippen LogP contribution is 2.22. The number of carbonyl (C=O) groups excluding carboxylic acids is 1. The number of aryl methyl sites for hydroxylation is 1. The fraction of sp³-hybridized carbons (Fsp3) is 0.316. The molecule has 2 N–H and O–H groups in total. The monoisotopic (exact) mass is 347 g/mol. The van der Waals surface area contributed by atoms with Gasteiger partial charge in [-0.2, -0.15) is 0 Å². The third-order valence-electron chi connectivity index (χ3n) is 3.99. The summed E-state index contributed by atoms with van der Waals surface area (Å²) in [6.07, 6.45) is 0. The quantitative estimate of drug-likeness (QED) is 0.790. The first-order chi connectivity index (χ1) is 11.9. The van der Waals surface area contributed by atoms with Gasteiger partial charge in [0.2, 0.25) is 5.91 Å². The van der Waals surface area contributed by atoms with Gasteiger partial charge in [-0.3, -0.25) is 4.79 Å². The topological polar surface area (TPSA) is 44.4 Å². The zero-order valence-electron chi connectivity index (χ0n) is 14.7. The smallest absolute Gasteiger partial charge is 0.243 e. The van der Waals surface area contributed by atoms with Gasteiger partial charge in [0.15, 0.2) is 11.6 Å². The average Bonchev–Trinajstić information content (AvgIpc) is 2.59. The van der Waals surface area contributed by atoms with Crippen molar-refractivity contribution in [3.05, 3.63) is 53.6 Å². The minimum atomic E-state index is -0.951. The fourth-order valence-corrected chi connectivity index (χ4v) is 2.56. The van der Waals surface area contributed by atoms with Gasteiger partial charge in [0.1, 0.15) is 0 Å². The molecule has 0 saturated heterocycles. The largest absolute Gasteiger partial charge is 0.376 e. The van der Waals surface area contributed by atoms with Crippen LogP contribution in [0.3, 0.4) is 0 Å². The molecule has 0 unspecified atom stereocenters. The van der Waals surface area contributed by atoms with Crippen LogP contribution in [0.4, 0.5) is 25.8 Å². The van der Waals surface area contributed by atoms with E-state index in [-0.39, 0.29) is 12.5 Å². The number of carbonyl (C=O) groups is 1. The van der Waals surface area contributed by atoms with E-state index in [0.717, 1.165) is 42.2 Å². The van der Waals surface area contributed by atoms with Crippen molar-refractivity contribution in [2.75, 3.05) is 35.2 Å². The Labute approximate surface area is 146 Å². The molecule has 1 amide bonds. The zero-order chi connectivity index (χ0) is 18.4. The summed E-state index contributed by atoms with van der Waals surface area (Å²) in [5, 5.41) is 5.59. The second-order valence-electron chi connectivity index (χ2n) is 5.70. The molecule has 0 atom stereocenters. The van der Waals surface area contributed by atoms with Gasteiger partial charge in [-0.25, -0.2) is 8.78 Å². The van der Waals surface area contributed by atoms with Gasteiger partial charge in [0.05, 0.1) is 6.54 Å². The summed E-state index contributed by atoms with van der Waals surface area (Å²) in [6, 6.07) is 9.30. The molecule has 4 nitrogen and oxygen atoms in total. The van der Waals surface area contributed by atoms with E-state index in [2.05, 4.69) is 29.4 Å². The predicted molar refractivity (Wildman–Crippen MR) is 98.2 cm³/mol. The van der Waals surface area contributed by atoms with E-state index >= 15 is 0 Å². The van der Waals surface area contributed by atoms with E-state index in [1.54, 1.807) is 0 Å². The summed E-state index contributed by atoms with van der Waals surface area (Å²) in [5.41, 5.74) is 3.15. The Kier molecular flexibility index (Phi) is 6.33. The summed E-state index contributed by atoms with van der Waals surface area (Å²) >= 11 is 0. The molecular weight excluding hydrogens is 324 g/mol. The zero-order valence-corrected chi connectivity index (χ0v) is 14.7. The van der Waals surface area contributed by atoms with Crippen LogP contribution in [-0.4, -0.2) is 25.5 Å². The molecule has 0 aliphatic rings. The molecule has 2 aromatic carbocycles. The van der Waals surface area contributed by atoms with E-state index < -0.39 is 11.6 Å². The molecule has 0 saturated carbocycles. The van der Waals surface area contributed by atoms with Gasteiger partial charge < -0.3 is 15.5 Å². The van der Waals surface area contributed by atoms with Crippen LogP contribution in [-0.2, 0) is 4.79 Å². The number of benzene rings is 2. The van der Waals surface area contributed by atoms with Crippen LogP contribution in [0, 0.1) is 18.6 Å². The Morgan fingerprint density at radius 1 is 1.04 bits per heavy atom. The molecular formula is C19H23F2N3O. The fourth-order valence-electron chi connectivity index (χ4n) is 2.56. The van der Waals surface area contributed by atoms with E-state index in [1.807, 2.05) is 25.1 Å². The molecule has 2 aromatic rings. The van der Waals surface area contributed by atoms with Crippen molar-refractivity contribution >= 4 is 23.0 Å². The number of hydrogen-bond donors (Lipinski definition) is 2. The summed E-state index contributed by atoms with van der Waals surface area (Å²) < 4.78 is 26.0. The molecule has 0 radical (unpaired) electrons. The maximum absolute atomic E-state index is 13.1. The number of amides is 1. The van der Waals surface area contributed by atoms with E-state index in [9.17, 15) is 13.6 Å². The Bertz CT molecular complexity index is 745. The number of anilines is 3. The van der Waals surface area contributed by atoms with Crippen LogP contribution in [0.15, 0.2) is 36.4 Å². The van der Waals surface area contributed by atoms with Crippen molar-refractivity contribution in [1.29, 1.82) is 0 Å². The van der Waals surface area contributed by atoms with Crippen molar-refractivity contribution in [3.63, 3.8) is 0 Å². The van der Waals surface area contributed by atoms with Gasteiger partial charge in [0, 0.05) is 36.2 Å². The van der Waals surface area contributed by atoms with Crippen LogP contribution in [0.2, 0.25) is 0 Å². The highest BCUT2D eigenvalue weighted by molar-refractivity contribution is 5.94. The second kappa shape index (κ2) is 8.46. The van der Waals surface area contributed by atoms with Crippen LogP contribution < -0.4 is 15.5 Å². The highest BCUT2D eigenvalue weighted by Gasteiger charge is 2.09. The van der Waals surface area contributed by atoms with Crippen LogP contribution >= 0.6 is 0 Å². The van der Waals surface area contributed by atoms with E-state index in [4.69, 9.17) is 0 Å². The lowest BCUT2D eigenvalue weighted by atomic mass is 10.1. The molecule has 0 aliphatic carbocycles. The lowest BCUT2D eigenvalue weighted by Gasteiger charge is -2.22. The number of halogens is 2. The molecule has 6 heteroatoms. The van der Waals surface area contributed by atoms with Crippen molar-refractivity contribution in [3.8, 4) is 0 Å². The Morgan fingerprint density at radius 2 is 1.76 bits per heavy atom. The lowest BCUT2D eigenvalue weighted by molar-refractivity contribution is -0.114. The van der Waals surface area contributed by atoms with Crippen molar-refractivity contribution in [1.82, 2.24) is 0 Å². The number of nitrogens with one attached hydrogen (secondary N) is 2. The van der Waals surface area contributed by atoms with Gasteiger partial charge in [-0.05, 0) is 56.7 Å². The number of rotatable bonds is 7. The maximum atomic E-state index is 13.1. The number of hydrogen-bond acceptors (Lipinski definition) is 3. The SMILES string of the molecule is CCN(CC)c1ccc(NC(=O)CNc2ccc(F)c(F)c2)c(C)c1. The first-order valence-electron chi connectivity index (χ1n) is 8.29. The standard InChI is InChI=1S/C19H23F2N3O/c1-4-24(5-2)15-7-9-18(13(3)10-15)23-19(25)12-22-14-6-8-16(20)17(21)11-14/h6-11,22H,4-5,12H2,1-3H3,(H,23,25). The van der Waals surface area contributed by atoms with Crippen LogP contribution in [0.5, 0.6) is 0 Å². The molecule has 0 fully saturated rings. The maximum Gasteiger partial charge on any atom is 0.243 e. The molecule has 134 valence electrons. The summed E-state index contributed by atoms with van der Waals surface area (Å²) in [4.78, 5) is 14.3. The molecule has 0 spiro atoms. The van der Waals surface area contributed by atoms with Crippen molar-refractivity contribution in [2.45, 2.75) is 20.8 Å². The Hall–Kier alpha value is -2.63.